The summed E-state index contributed by atoms with van der Waals surface area (Å²) >= 11 is 9.71. The Labute approximate surface area is 215 Å². The predicted molar refractivity (Wildman–Crippen MR) is 138 cm³/mol. The lowest BCUT2D eigenvalue weighted by molar-refractivity contribution is 0.0766. The van der Waals surface area contributed by atoms with Crippen LogP contribution in [-0.2, 0) is 16.4 Å². The molecule has 0 spiro atoms. The Balaban J connectivity index is 1.47. The molecule has 0 radical (unpaired) electrons. The lowest BCUT2D eigenvalue weighted by atomic mass is 10.0. The number of nitrogens with zero attached hydrogens (tertiary/aromatic N) is 2. The summed E-state index contributed by atoms with van der Waals surface area (Å²) in [5, 5.41) is 4.08. The molecule has 5 rings (SSSR count). The molecule has 2 aliphatic heterocycles. The van der Waals surface area contributed by atoms with E-state index in [-0.39, 0.29) is 17.1 Å². The smallest absolute Gasteiger partial charge is 0.247 e. The first kappa shape index (κ1) is 24.5. The molecule has 3 unspecified atom stereocenters. The SMILES string of the molecule is COc1ccc(Cl)cc1S(=O)(=O)N1CC(N2CCCC2C2CC2)NCC1Cc1ccc(Br)cc1. The molecule has 1 N–H and O–H groups in total. The van der Waals surface area contributed by atoms with Gasteiger partial charge in [0, 0.05) is 41.2 Å². The van der Waals surface area contributed by atoms with Crippen molar-refractivity contribution in [1.29, 1.82) is 0 Å². The van der Waals surface area contributed by atoms with Gasteiger partial charge in [-0.3, -0.25) is 10.2 Å². The molecule has 3 atom stereocenters. The molecule has 2 heterocycles. The van der Waals surface area contributed by atoms with Crippen molar-refractivity contribution >= 4 is 37.6 Å². The number of hydrogen-bond acceptors (Lipinski definition) is 5. The summed E-state index contributed by atoms with van der Waals surface area (Å²) in [4.78, 5) is 2.65. The van der Waals surface area contributed by atoms with Gasteiger partial charge in [-0.2, -0.15) is 4.31 Å². The quantitative estimate of drug-likeness (QED) is 0.532. The Morgan fingerprint density at radius 3 is 2.62 bits per heavy atom. The predicted octanol–water partition coefficient (Wildman–Crippen LogP) is 4.52. The zero-order valence-electron chi connectivity index (χ0n) is 19.3. The fourth-order valence-electron chi connectivity index (χ4n) is 5.51. The Bertz CT molecular complexity index is 1130. The number of hydrogen-bond donors (Lipinski definition) is 1. The van der Waals surface area contributed by atoms with E-state index in [9.17, 15) is 8.42 Å². The van der Waals surface area contributed by atoms with E-state index in [4.69, 9.17) is 16.3 Å². The highest BCUT2D eigenvalue weighted by Gasteiger charge is 2.45. The zero-order valence-corrected chi connectivity index (χ0v) is 22.4. The normalized spacial score (nSPS) is 26.6. The summed E-state index contributed by atoms with van der Waals surface area (Å²) in [6, 6.07) is 13.2. The fraction of sp³-hybridized carbons (Fsp3) is 0.520. The number of ether oxygens (including phenoxy) is 1. The molecule has 34 heavy (non-hydrogen) atoms. The Kier molecular flexibility index (Phi) is 7.27. The number of piperazine rings is 1. The highest BCUT2D eigenvalue weighted by Crippen LogP contribution is 2.41. The van der Waals surface area contributed by atoms with Crippen molar-refractivity contribution in [3.05, 3.63) is 57.5 Å². The van der Waals surface area contributed by atoms with Gasteiger partial charge >= 0.3 is 0 Å². The van der Waals surface area contributed by atoms with E-state index in [0.29, 0.717) is 36.3 Å². The van der Waals surface area contributed by atoms with E-state index in [1.54, 1.807) is 16.4 Å². The van der Waals surface area contributed by atoms with Gasteiger partial charge in [0.05, 0.1) is 13.3 Å². The van der Waals surface area contributed by atoms with Gasteiger partial charge in [0.15, 0.2) is 0 Å². The van der Waals surface area contributed by atoms with E-state index in [2.05, 4.69) is 26.1 Å². The third-order valence-electron chi connectivity index (χ3n) is 7.35. The standard InChI is InChI=1S/C25H31BrClN3O3S/c1-33-23-11-10-20(27)14-24(23)34(31,32)30-16-25(29-12-2-3-22(29)18-6-7-18)28-15-21(30)13-17-4-8-19(26)9-5-17/h4-5,8-11,14,18,21-22,25,28H,2-3,6-7,12-13,15-16H2,1H3. The molecular weight excluding hydrogens is 538 g/mol. The minimum atomic E-state index is -3.84. The van der Waals surface area contributed by atoms with Crippen LogP contribution < -0.4 is 10.1 Å². The van der Waals surface area contributed by atoms with Crippen LogP contribution in [0.4, 0.5) is 0 Å². The van der Waals surface area contributed by atoms with E-state index in [0.717, 1.165) is 22.5 Å². The van der Waals surface area contributed by atoms with E-state index in [1.165, 1.54) is 38.9 Å². The van der Waals surface area contributed by atoms with Gasteiger partial charge in [-0.1, -0.05) is 39.7 Å². The Morgan fingerprint density at radius 1 is 1.15 bits per heavy atom. The van der Waals surface area contributed by atoms with Crippen molar-refractivity contribution in [2.24, 2.45) is 5.92 Å². The van der Waals surface area contributed by atoms with Crippen LogP contribution in [0.5, 0.6) is 5.75 Å². The van der Waals surface area contributed by atoms with Crippen molar-refractivity contribution < 1.29 is 13.2 Å². The summed E-state index contributed by atoms with van der Waals surface area (Å²) in [6.45, 7) is 2.02. The van der Waals surface area contributed by atoms with Gasteiger partial charge in [0.1, 0.15) is 10.6 Å². The number of nitrogens with one attached hydrogen (secondary N) is 1. The molecule has 1 saturated carbocycles. The number of likely N-dealkylation sites (tertiary alicyclic amines) is 1. The minimum absolute atomic E-state index is 0.00854. The maximum absolute atomic E-state index is 14.1. The Hall–Kier alpha value is -1.16. The van der Waals surface area contributed by atoms with Crippen molar-refractivity contribution in [1.82, 2.24) is 14.5 Å². The van der Waals surface area contributed by atoms with E-state index >= 15 is 0 Å². The van der Waals surface area contributed by atoms with Crippen LogP contribution in [0.3, 0.4) is 0 Å². The third kappa shape index (κ3) is 5.04. The lowest BCUT2D eigenvalue weighted by Gasteiger charge is -2.44. The number of halogens is 2. The molecule has 1 aliphatic carbocycles. The maximum atomic E-state index is 14.1. The Morgan fingerprint density at radius 2 is 1.91 bits per heavy atom. The first-order valence-corrected chi connectivity index (χ1v) is 14.6. The van der Waals surface area contributed by atoms with E-state index in [1.807, 2.05) is 24.3 Å². The van der Waals surface area contributed by atoms with E-state index < -0.39 is 10.0 Å². The van der Waals surface area contributed by atoms with Gasteiger partial charge < -0.3 is 4.74 Å². The summed E-state index contributed by atoms with van der Waals surface area (Å²) < 4.78 is 36.3. The summed E-state index contributed by atoms with van der Waals surface area (Å²) in [5.74, 6) is 1.08. The van der Waals surface area contributed by atoms with Crippen LogP contribution in [0.25, 0.3) is 0 Å². The molecule has 2 aromatic rings. The van der Waals surface area contributed by atoms with Crippen LogP contribution in [0.15, 0.2) is 51.8 Å². The first-order chi connectivity index (χ1) is 16.4. The molecule has 0 bridgehead atoms. The molecule has 6 nitrogen and oxygen atoms in total. The molecule has 0 amide bonds. The number of benzene rings is 2. The van der Waals surface area contributed by atoms with Gasteiger partial charge in [0.2, 0.25) is 10.0 Å². The van der Waals surface area contributed by atoms with Gasteiger partial charge in [-0.25, -0.2) is 8.42 Å². The highest BCUT2D eigenvalue weighted by molar-refractivity contribution is 9.10. The summed E-state index contributed by atoms with van der Waals surface area (Å²) in [7, 11) is -2.35. The zero-order chi connectivity index (χ0) is 23.9. The van der Waals surface area contributed by atoms with Crippen molar-refractivity contribution in [3.63, 3.8) is 0 Å². The van der Waals surface area contributed by atoms with Gasteiger partial charge in [-0.05, 0) is 73.9 Å². The maximum Gasteiger partial charge on any atom is 0.247 e. The minimum Gasteiger partial charge on any atom is -0.495 e. The molecule has 2 saturated heterocycles. The highest BCUT2D eigenvalue weighted by atomic mass is 79.9. The summed E-state index contributed by atoms with van der Waals surface area (Å²) in [6.07, 6.45) is 5.61. The van der Waals surface area contributed by atoms with Crippen molar-refractivity contribution in [3.8, 4) is 5.75 Å². The molecule has 9 heteroatoms. The number of rotatable bonds is 7. The number of sulfonamides is 1. The molecule has 0 aromatic heterocycles. The third-order valence-corrected chi connectivity index (χ3v) is 10.1. The molecule has 3 fully saturated rings. The monoisotopic (exact) mass is 567 g/mol. The van der Waals surface area contributed by atoms with Crippen molar-refractivity contribution in [2.75, 3.05) is 26.7 Å². The average molecular weight is 569 g/mol. The molecule has 3 aliphatic rings. The second-order valence-corrected chi connectivity index (χ2v) is 12.8. The largest absolute Gasteiger partial charge is 0.495 e. The average Bonchev–Trinajstić information content (AvgIpc) is 3.57. The van der Waals surface area contributed by atoms with Crippen LogP contribution in [-0.4, -0.2) is 62.6 Å². The molecular formula is C25H31BrClN3O3S. The van der Waals surface area contributed by atoms with Crippen LogP contribution in [0, 0.1) is 5.92 Å². The molecule has 2 aromatic carbocycles. The van der Waals surface area contributed by atoms with Crippen molar-refractivity contribution in [2.45, 2.75) is 55.2 Å². The van der Waals surface area contributed by atoms with Gasteiger partial charge in [0.25, 0.3) is 0 Å². The van der Waals surface area contributed by atoms with Crippen LogP contribution in [0.2, 0.25) is 5.02 Å². The molecule has 184 valence electrons. The second-order valence-electron chi connectivity index (χ2n) is 9.56. The lowest BCUT2D eigenvalue weighted by Crippen LogP contribution is -2.64. The fourth-order valence-corrected chi connectivity index (χ4v) is 7.82. The van der Waals surface area contributed by atoms with Gasteiger partial charge in [-0.15, -0.1) is 0 Å². The van der Waals surface area contributed by atoms with Crippen LogP contribution in [0.1, 0.15) is 31.2 Å². The second kappa shape index (κ2) is 10.1. The topological polar surface area (TPSA) is 61.9 Å². The number of methoxy groups -OCH3 is 1. The summed E-state index contributed by atoms with van der Waals surface area (Å²) in [5.41, 5.74) is 1.10. The van der Waals surface area contributed by atoms with Crippen LogP contribution >= 0.6 is 27.5 Å². The first-order valence-electron chi connectivity index (χ1n) is 12.0.